The second-order valence-corrected chi connectivity index (χ2v) is 5.41. The SMILES string of the molecule is CC(Cc1cccs1)N(C)C(=O)c1cncc(N)n1. The number of amides is 1. The number of thiophene rings is 1. The fourth-order valence-corrected chi connectivity index (χ4v) is 2.55. The lowest BCUT2D eigenvalue weighted by molar-refractivity contribution is 0.0737. The van der Waals surface area contributed by atoms with E-state index in [1.807, 2.05) is 18.4 Å². The number of rotatable bonds is 4. The molecule has 0 fully saturated rings. The van der Waals surface area contributed by atoms with Crippen LogP contribution in [0.3, 0.4) is 0 Å². The minimum Gasteiger partial charge on any atom is -0.382 e. The van der Waals surface area contributed by atoms with E-state index in [1.165, 1.54) is 17.3 Å². The average Bonchev–Trinajstić information content (AvgIpc) is 2.89. The number of anilines is 1. The Balaban J connectivity index is 2.06. The molecule has 0 bridgehead atoms. The smallest absolute Gasteiger partial charge is 0.274 e. The van der Waals surface area contributed by atoms with Crippen LogP contribution in [0.4, 0.5) is 5.82 Å². The minimum absolute atomic E-state index is 0.0920. The van der Waals surface area contributed by atoms with Crippen LogP contribution in [0.15, 0.2) is 29.9 Å². The monoisotopic (exact) mass is 276 g/mol. The minimum atomic E-state index is -0.163. The van der Waals surface area contributed by atoms with Gasteiger partial charge in [0.2, 0.25) is 0 Å². The summed E-state index contributed by atoms with van der Waals surface area (Å²) in [5, 5.41) is 2.03. The van der Waals surface area contributed by atoms with Crippen molar-refractivity contribution in [3.63, 3.8) is 0 Å². The Kier molecular flexibility index (Phi) is 4.11. The molecule has 0 radical (unpaired) electrons. The van der Waals surface area contributed by atoms with Crippen LogP contribution >= 0.6 is 11.3 Å². The van der Waals surface area contributed by atoms with Crippen molar-refractivity contribution in [1.82, 2.24) is 14.9 Å². The summed E-state index contributed by atoms with van der Waals surface area (Å²) < 4.78 is 0. The summed E-state index contributed by atoms with van der Waals surface area (Å²) in [6.45, 7) is 2.01. The second-order valence-electron chi connectivity index (χ2n) is 4.38. The van der Waals surface area contributed by atoms with Crippen LogP contribution in [0.2, 0.25) is 0 Å². The maximum atomic E-state index is 12.2. The highest BCUT2D eigenvalue weighted by molar-refractivity contribution is 7.09. The van der Waals surface area contributed by atoms with Crippen molar-refractivity contribution in [2.45, 2.75) is 19.4 Å². The Hall–Kier alpha value is -1.95. The summed E-state index contributed by atoms with van der Waals surface area (Å²) in [6, 6.07) is 4.17. The molecule has 1 atom stereocenters. The highest BCUT2D eigenvalue weighted by atomic mass is 32.1. The number of carbonyl (C=O) groups excluding carboxylic acids is 1. The molecule has 1 unspecified atom stereocenters. The molecular weight excluding hydrogens is 260 g/mol. The van der Waals surface area contributed by atoms with E-state index in [1.54, 1.807) is 23.3 Å². The Morgan fingerprint density at radius 1 is 1.53 bits per heavy atom. The van der Waals surface area contributed by atoms with Crippen LogP contribution in [0, 0.1) is 0 Å². The van der Waals surface area contributed by atoms with Crippen LogP contribution in [0.5, 0.6) is 0 Å². The first-order chi connectivity index (χ1) is 9.08. The molecule has 0 aliphatic rings. The maximum absolute atomic E-state index is 12.2. The van der Waals surface area contributed by atoms with Crippen molar-refractivity contribution in [1.29, 1.82) is 0 Å². The summed E-state index contributed by atoms with van der Waals surface area (Å²) in [6.07, 6.45) is 3.69. The molecule has 2 aromatic heterocycles. The maximum Gasteiger partial charge on any atom is 0.274 e. The predicted octanol–water partition coefficient (Wildman–Crippen LogP) is 1.82. The molecule has 0 aromatic carbocycles. The van der Waals surface area contributed by atoms with Gasteiger partial charge in [0.15, 0.2) is 0 Å². The van der Waals surface area contributed by atoms with E-state index in [-0.39, 0.29) is 23.5 Å². The van der Waals surface area contributed by atoms with Crippen LogP contribution in [-0.4, -0.2) is 33.9 Å². The molecule has 5 nitrogen and oxygen atoms in total. The third-order valence-corrected chi connectivity index (χ3v) is 3.83. The number of carbonyl (C=O) groups is 1. The van der Waals surface area contributed by atoms with Gasteiger partial charge in [-0.05, 0) is 18.4 Å². The van der Waals surface area contributed by atoms with E-state index in [9.17, 15) is 4.79 Å². The molecule has 0 aliphatic heterocycles. The molecule has 2 heterocycles. The van der Waals surface area contributed by atoms with Crippen LogP contribution in [0.25, 0.3) is 0 Å². The largest absolute Gasteiger partial charge is 0.382 e. The Bertz CT molecular complexity index is 556. The molecule has 0 saturated carbocycles. The normalized spacial score (nSPS) is 12.1. The molecule has 2 rings (SSSR count). The van der Waals surface area contributed by atoms with Crippen molar-refractivity contribution in [3.8, 4) is 0 Å². The Labute approximate surface area is 116 Å². The van der Waals surface area contributed by atoms with Crippen LogP contribution < -0.4 is 5.73 Å². The molecule has 100 valence electrons. The lowest BCUT2D eigenvalue weighted by Crippen LogP contribution is -2.36. The van der Waals surface area contributed by atoms with Gasteiger partial charge in [0.1, 0.15) is 11.5 Å². The first kappa shape index (κ1) is 13.5. The number of nitrogens with two attached hydrogens (primary N) is 1. The van der Waals surface area contributed by atoms with Gasteiger partial charge in [-0.3, -0.25) is 9.78 Å². The van der Waals surface area contributed by atoms with Gasteiger partial charge < -0.3 is 10.6 Å². The molecule has 0 saturated heterocycles. The fourth-order valence-electron chi connectivity index (χ4n) is 1.72. The van der Waals surface area contributed by atoms with Crippen molar-refractivity contribution in [3.05, 3.63) is 40.5 Å². The highest BCUT2D eigenvalue weighted by Crippen LogP contribution is 2.14. The number of nitrogens with zero attached hydrogens (tertiary/aromatic N) is 3. The standard InChI is InChI=1S/C13H16N4OS/c1-9(6-10-4-3-5-19-10)17(2)13(18)11-7-15-8-12(14)16-11/h3-5,7-9H,6H2,1-2H3,(H2,14,16). The van der Waals surface area contributed by atoms with Gasteiger partial charge in [-0.15, -0.1) is 11.3 Å². The summed E-state index contributed by atoms with van der Waals surface area (Å²) >= 11 is 1.69. The first-order valence-corrected chi connectivity index (χ1v) is 6.83. The van der Waals surface area contributed by atoms with E-state index >= 15 is 0 Å². The summed E-state index contributed by atoms with van der Waals surface area (Å²) in [7, 11) is 1.77. The van der Waals surface area contributed by atoms with Gasteiger partial charge in [0, 0.05) is 24.4 Å². The Morgan fingerprint density at radius 3 is 2.95 bits per heavy atom. The van der Waals surface area contributed by atoms with E-state index in [0.717, 1.165) is 6.42 Å². The zero-order chi connectivity index (χ0) is 13.8. The summed E-state index contributed by atoms with van der Waals surface area (Å²) in [4.78, 5) is 23.1. The van der Waals surface area contributed by atoms with Crippen LogP contribution in [0.1, 0.15) is 22.3 Å². The quantitative estimate of drug-likeness (QED) is 0.924. The van der Waals surface area contributed by atoms with E-state index < -0.39 is 0 Å². The molecule has 2 N–H and O–H groups in total. The zero-order valence-corrected chi connectivity index (χ0v) is 11.7. The molecule has 1 amide bonds. The summed E-state index contributed by atoms with van der Waals surface area (Å²) in [5.74, 6) is 0.0917. The first-order valence-electron chi connectivity index (χ1n) is 5.95. The third-order valence-electron chi connectivity index (χ3n) is 2.93. The number of hydrogen-bond acceptors (Lipinski definition) is 5. The number of likely N-dealkylation sites (N-methyl/N-ethyl adjacent to an activating group) is 1. The lowest BCUT2D eigenvalue weighted by atomic mass is 10.2. The van der Waals surface area contributed by atoms with Crippen molar-refractivity contribution < 1.29 is 4.79 Å². The number of nitrogen functional groups attached to an aromatic ring is 1. The number of hydrogen-bond donors (Lipinski definition) is 1. The van der Waals surface area contributed by atoms with Gasteiger partial charge >= 0.3 is 0 Å². The zero-order valence-electron chi connectivity index (χ0n) is 10.9. The van der Waals surface area contributed by atoms with Crippen molar-refractivity contribution in [2.75, 3.05) is 12.8 Å². The van der Waals surface area contributed by atoms with E-state index in [4.69, 9.17) is 5.73 Å². The molecule has 6 heteroatoms. The van der Waals surface area contributed by atoms with Gasteiger partial charge in [-0.2, -0.15) is 0 Å². The van der Waals surface area contributed by atoms with Crippen molar-refractivity contribution >= 4 is 23.1 Å². The molecular formula is C13H16N4OS. The molecule has 0 spiro atoms. The van der Waals surface area contributed by atoms with Crippen molar-refractivity contribution in [2.24, 2.45) is 0 Å². The van der Waals surface area contributed by atoms with Gasteiger partial charge in [-0.1, -0.05) is 6.07 Å². The topological polar surface area (TPSA) is 72.1 Å². The summed E-state index contributed by atoms with van der Waals surface area (Å²) in [5.41, 5.74) is 5.82. The highest BCUT2D eigenvalue weighted by Gasteiger charge is 2.19. The lowest BCUT2D eigenvalue weighted by Gasteiger charge is -2.24. The third kappa shape index (κ3) is 3.29. The van der Waals surface area contributed by atoms with Gasteiger partial charge in [0.05, 0.1) is 12.4 Å². The second kappa shape index (κ2) is 5.79. The van der Waals surface area contributed by atoms with Gasteiger partial charge in [0.25, 0.3) is 5.91 Å². The molecule has 19 heavy (non-hydrogen) atoms. The molecule has 0 aliphatic carbocycles. The molecule has 2 aromatic rings. The fraction of sp³-hybridized carbons (Fsp3) is 0.308. The average molecular weight is 276 g/mol. The van der Waals surface area contributed by atoms with E-state index in [2.05, 4.69) is 16.0 Å². The Morgan fingerprint density at radius 2 is 2.32 bits per heavy atom. The predicted molar refractivity (Wildman–Crippen MR) is 76.0 cm³/mol. The number of aromatic nitrogens is 2. The van der Waals surface area contributed by atoms with E-state index in [0.29, 0.717) is 0 Å². The van der Waals surface area contributed by atoms with Gasteiger partial charge in [-0.25, -0.2) is 4.98 Å². The van der Waals surface area contributed by atoms with Crippen LogP contribution in [-0.2, 0) is 6.42 Å².